The molecule has 0 unspecified atom stereocenters. The van der Waals surface area contributed by atoms with E-state index in [1.54, 1.807) is 6.33 Å². The first-order valence-electron chi connectivity index (χ1n) is 8.00. The Kier molecular flexibility index (Phi) is 5.04. The molecule has 0 bridgehead atoms. The summed E-state index contributed by atoms with van der Waals surface area (Å²) in [7, 11) is 0. The number of hydrogen-bond acceptors (Lipinski definition) is 5. The molecule has 5 heteroatoms. The number of rotatable bonds is 5. The van der Waals surface area contributed by atoms with Crippen molar-refractivity contribution < 1.29 is 5.11 Å². The fourth-order valence-electron chi connectivity index (χ4n) is 2.75. The van der Waals surface area contributed by atoms with Gasteiger partial charge in [0.2, 0.25) is 0 Å². The van der Waals surface area contributed by atoms with Crippen LogP contribution in [-0.2, 0) is 0 Å². The maximum Gasteiger partial charge on any atom is 0.137 e. The minimum absolute atomic E-state index is 0.364. The maximum atomic E-state index is 10.1. The zero-order chi connectivity index (χ0) is 15.5. The largest absolute Gasteiger partial charge is 0.390 e. The van der Waals surface area contributed by atoms with Crippen LogP contribution in [0.15, 0.2) is 6.33 Å². The molecule has 1 aliphatic rings. The average Bonchev–Trinajstić information content (AvgIpc) is 2.44. The molecule has 1 fully saturated rings. The van der Waals surface area contributed by atoms with E-state index in [2.05, 4.69) is 41.0 Å². The van der Waals surface area contributed by atoms with E-state index < -0.39 is 5.60 Å². The second kappa shape index (κ2) is 6.60. The highest BCUT2D eigenvalue weighted by atomic mass is 16.3. The van der Waals surface area contributed by atoms with Crippen molar-refractivity contribution >= 4 is 11.6 Å². The first-order valence-corrected chi connectivity index (χ1v) is 8.00. The van der Waals surface area contributed by atoms with Crippen molar-refractivity contribution in [2.45, 2.75) is 58.5 Å². The molecule has 2 heterocycles. The van der Waals surface area contributed by atoms with Crippen molar-refractivity contribution in [1.29, 1.82) is 0 Å². The van der Waals surface area contributed by atoms with Gasteiger partial charge in [-0.2, -0.15) is 0 Å². The number of nitrogens with one attached hydrogen (secondary N) is 1. The van der Waals surface area contributed by atoms with Gasteiger partial charge in [-0.3, -0.25) is 0 Å². The normalized spacial score (nSPS) is 18.1. The number of piperidine rings is 1. The summed E-state index contributed by atoms with van der Waals surface area (Å²) in [6.07, 6.45) is 4.29. The molecule has 1 aliphatic heterocycles. The van der Waals surface area contributed by atoms with Crippen LogP contribution in [0.25, 0.3) is 0 Å². The van der Waals surface area contributed by atoms with Crippen LogP contribution in [-0.4, -0.2) is 40.3 Å². The van der Waals surface area contributed by atoms with Crippen LogP contribution < -0.4 is 10.2 Å². The van der Waals surface area contributed by atoms with Gasteiger partial charge in [0.15, 0.2) is 0 Å². The summed E-state index contributed by atoms with van der Waals surface area (Å²) in [5.41, 5.74) is 0.651. The van der Waals surface area contributed by atoms with Gasteiger partial charge in [-0.1, -0.05) is 20.8 Å². The Morgan fingerprint density at radius 3 is 2.57 bits per heavy atom. The summed E-state index contributed by atoms with van der Waals surface area (Å²) < 4.78 is 0. The molecule has 0 spiro atoms. The van der Waals surface area contributed by atoms with E-state index in [0.29, 0.717) is 5.92 Å². The van der Waals surface area contributed by atoms with Gasteiger partial charge in [0.05, 0.1) is 5.60 Å². The van der Waals surface area contributed by atoms with Gasteiger partial charge >= 0.3 is 0 Å². The van der Waals surface area contributed by atoms with Crippen molar-refractivity contribution in [2.24, 2.45) is 0 Å². The molecular weight excluding hydrogens is 264 g/mol. The molecule has 21 heavy (non-hydrogen) atoms. The Balaban J connectivity index is 2.26. The minimum Gasteiger partial charge on any atom is -0.390 e. The van der Waals surface area contributed by atoms with Crippen molar-refractivity contribution in [3.63, 3.8) is 0 Å². The van der Waals surface area contributed by atoms with Crippen LogP contribution in [0.3, 0.4) is 0 Å². The Hall–Kier alpha value is -1.36. The van der Waals surface area contributed by atoms with Crippen molar-refractivity contribution in [3.8, 4) is 0 Å². The van der Waals surface area contributed by atoms with Gasteiger partial charge in [-0.05, 0) is 32.1 Å². The third-order valence-corrected chi connectivity index (χ3v) is 4.12. The lowest BCUT2D eigenvalue weighted by Crippen LogP contribution is -2.43. The Morgan fingerprint density at radius 2 is 2.00 bits per heavy atom. The lowest BCUT2D eigenvalue weighted by atomic mass is 9.93. The number of aliphatic hydroxyl groups is 1. The molecule has 1 aromatic heterocycles. The number of anilines is 2. The standard InChI is InChI=1S/C16H28N4O/c1-5-8-17-14-13(12(2)3)15(19-11-18-14)20-9-6-16(4,21)7-10-20/h11-12,21H,5-10H2,1-4H3,(H,17,18,19). The van der Waals surface area contributed by atoms with Gasteiger partial charge < -0.3 is 15.3 Å². The zero-order valence-electron chi connectivity index (χ0n) is 13.7. The molecule has 2 rings (SSSR count). The number of aromatic nitrogens is 2. The first-order chi connectivity index (χ1) is 9.94. The van der Waals surface area contributed by atoms with Crippen LogP contribution in [0.4, 0.5) is 11.6 Å². The van der Waals surface area contributed by atoms with E-state index in [0.717, 1.165) is 50.5 Å². The van der Waals surface area contributed by atoms with Crippen LogP contribution >= 0.6 is 0 Å². The lowest BCUT2D eigenvalue weighted by molar-refractivity contribution is 0.0350. The topological polar surface area (TPSA) is 61.3 Å². The summed E-state index contributed by atoms with van der Waals surface area (Å²) >= 11 is 0. The van der Waals surface area contributed by atoms with Crippen molar-refractivity contribution in [3.05, 3.63) is 11.9 Å². The molecule has 0 radical (unpaired) electrons. The summed E-state index contributed by atoms with van der Waals surface area (Å²) in [4.78, 5) is 11.2. The molecular formula is C16H28N4O. The average molecular weight is 292 g/mol. The predicted octanol–water partition coefficient (Wildman–Crippen LogP) is 2.77. The highest BCUT2D eigenvalue weighted by Gasteiger charge is 2.30. The van der Waals surface area contributed by atoms with Crippen LogP contribution in [0.5, 0.6) is 0 Å². The molecule has 2 N–H and O–H groups in total. The molecule has 118 valence electrons. The lowest BCUT2D eigenvalue weighted by Gasteiger charge is -2.37. The van der Waals surface area contributed by atoms with Crippen LogP contribution in [0.1, 0.15) is 58.4 Å². The van der Waals surface area contributed by atoms with E-state index in [1.165, 1.54) is 5.56 Å². The Bertz CT molecular complexity index is 463. The summed E-state index contributed by atoms with van der Waals surface area (Å²) in [6, 6.07) is 0. The molecule has 0 aromatic carbocycles. The molecule has 5 nitrogen and oxygen atoms in total. The molecule has 0 aliphatic carbocycles. The highest BCUT2D eigenvalue weighted by molar-refractivity contribution is 5.60. The maximum absolute atomic E-state index is 10.1. The summed E-state index contributed by atoms with van der Waals surface area (Å²) in [5, 5.41) is 13.5. The fraction of sp³-hybridized carbons (Fsp3) is 0.750. The SMILES string of the molecule is CCCNc1ncnc(N2CCC(C)(O)CC2)c1C(C)C. The van der Waals surface area contributed by atoms with Crippen LogP contribution in [0.2, 0.25) is 0 Å². The summed E-state index contributed by atoms with van der Waals surface area (Å²) in [5.74, 6) is 2.34. The Morgan fingerprint density at radius 1 is 1.33 bits per heavy atom. The number of nitrogens with zero attached hydrogens (tertiary/aromatic N) is 3. The van der Waals surface area contributed by atoms with Crippen molar-refractivity contribution in [1.82, 2.24) is 9.97 Å². The van der Waals surface area contributed by atoms with Crippen LogP contribution in [0, 0.1) is 0 Å². The molecule has 0 saturated carbocycles. The monoisotopic (exact) mass is 292 g/mol. The minimum atomic E-state index is -0.537. The molecule has 0 atom stereocenters. The predicted molar refractivity (Wildman–Crippen MR) is 87.0 cm³/mol. The second-order valence-electron chi connectivity index (χ2n) is 6.53. The van der Waals surface area contributed by atoms with E-state index in [-0.39, 0.29) is 0 Å². The molecule has 0 amide bonds. The smallest absolute Gasteiger partial charge is 0.137 e. The molecule has 1 saturated heterocycles. The van der Waals surface area contributed by atoms with Gasteiger partial charge in [0.25, 0.3) is 0 Å². The van der Waals surface area contributed by atoms with Gasteiger partial charge in [0.1, 0.15) is 18.0 Å². The van der Waals surface area contributed by atoms with Crippen molar-refractivity contribution in [2.75, 3.05) is 29.9 Å². The fourth-order valence-corrected chi connectivity index (χ4v) is 2.75. The first kappa shape index (κ1) is 16.0. The van der Waals surface area contributed by atoms with Gasteiger partial charge in [0, 0.05) is 25.2 Å². The van der Waals surface area contributed by atoms with E-state index >= 15 is 0 Å². The van der Waals surface area contributed by atoms with Gasteiger partial charge in [-0.15, -0.1) is 0 Å². The van der Waals surface area contributed by atoms with E-state index in [1.807, 2.05) is 6.92 Å². The third kappa shape index (κ3) is 3.84. The van der Waals surface area contributed by atoms with E-state index in [4.69, 9.17) is 0 Å². The molecule has 1 aromatic rings. The second-order valence-corrected chi connectivity index (χ2v) is 6.53. The third-order valence-electron chi connectivity index (χ3n) is 4.12. The highest BCUT2D eigenvalue weighted by Crippen LogP contribution is 2.33. The number of hydrogen-bond donors (Lipinski definition) is 2. The quantitative estimate of drug-likeness (QED) is 0.874. The van der Waals surface area contributed by atoms with E-state index in [9.17, 15) is 5.11 Å². The Labute approximate surface area is 127 Å². The van der Waals surface area contributed by atoms with Gasteiger partial charge in [-0.25, -0.2) is 9.97 Å². The zero-order valence-corrected chi connectivity index (χ0v) is 13.7. The summed E-state index contributed by atoms with van der Waals surface area (Å²) in [6.45, 7) is 11.0.